The van der Waals surface area contributed by atoms with Gasteiger partial charge in [0, 0.05) is 0 Å². The molecule has 2 N–H and O–H groups in total. The highest BCUT2D eigenvalue weighted by Crippen LogP contribution is 2.32. The first-order valence-electron chi connectivity index (χ1n) is 4.98. The Bertz CT molecular complexity index is 565. The number of carbonyl (C=O) groups is 1. The molecule has 0 spiro atoms. The summed E-state index contributed by atoms with van der Waals surface area (Å²) in [5.41, 5.74) is 1.14. The lowest BCUT2D eigenvalue weighted by Gasteiger charge is -2.09. The van der Waals surface area contributed by atoms with Crippen LogP contribution in [0.25, 0.3) is 0 Å². The number of hydrogen-bond donors (Lipinski definition) is 2. The molecule has 1 heterocycles. The van der Waals surface area contributed by atoms with Crippen molar-refractivity contribution in [3.63, 3.8) is 0 Å². The maximum Gasteiger partial charge on any atom is 0.354 e. The highest BCUT2D eigenvalue weighted by atomic mass is 35.5. The van der Waals surface area contributed by atoms with Gasteiger partial charge in [0.1, 0.15) is 5.69 Å². The monoisotopic (exact) mass is 282 g/mol. The van der Waals surface area contributed by atoms with Gasteiger partial charge in [-0.3, -0.25) is 0 Å². The molecule has 0 radical (unpaired) electrons. The number of benzene rings is 1. The standard InChI is InChI=1S/C12H8Cl2N2O2/c13-8-2-1-3-9(14)11(8)16-7-4-5-10(12(17)18)15-6-7/h1-6,16H,(H,17,18). The Labute approximate surface area is 113 Å². The van der Waals surface area contributed by atoms with Crippen LogP contribution < -0.4 is 5.32 Å². The number of para-hydroxylation sites is 1. The Kier molecular flexibility index (Phi) is 3.69. The number of nitrogens with zero attached hydrogens (tertiary/aromatic N) is 1. The zero-order valence-electron chi connectivity index (χ0n) is 9.02. The van der Waals surface area contributed by atoms with Crippen molar-refractivity contribution in [2.24, 2.45) is 0 Å². The van der Waals surface area contributed by atoms with E-state index < -0.39 is 5.97 Å². The van der Waals surface area contributed by atoms with Crippen LogP contribution in [-0.4, -0.2) is 16.1 Å². The number of hydrogen-bond acceptors (Lipinski definition) is 3. The van der Waals surface area contributed by atoms with Crippen molar-refractivity contribution in [1.82, 2.24) is 4.98 Å². The maximum atomic E-state index is 10.7. The SMILES string of the molecule is O=C(O)c1ccc(Nc2c(Cl)cccc2Cl)cn1. The summed E-state index contributed by atoms with van der Waals surface area (Å²) in [6, 6.07) is 8.14. The second-order valence-electron chi connectivity index (χ2n) is 3.46. The number of carboxylic acids is 1. The number of rotatable bonds is 3. The molecule has 6 heteroatoms. The van der Waals surface area contributed by atoms with Gasteiger partial charge in [-0.2, -0.15) is 0 Å². The highest BCUT2D eigenvalue weighted by molar-refractivity contribution is 6.39. The number of pyridine rings is 1. The van der Waals surface area contributed by atoms with E-state index in [0.717, 1.165) is 0 Å². The van der Waals surface area contributed by atoms with E-state index in [-0.39, 0.29) is 5.69 Å². The van der Waals surface area contributed by atoms with E-state index in [1.807, 2.05) is 0 Å². The van der Waals surface area contributed by atoms with E-state index >= 15 is 0 Å². The lowest BCUT2D eigenvalue weighted by atomic mass is 10.3. The Balaban J connectivity index is 2.26. The summed E-state index contributed by atoms with van der Waals surface area (Å²) in [4.78, 5) is 14.4. The molecule has 0 saturated carbocycles. The smallest absolute Gasteiger partial charge is 0.354 e. The third kappa shape index (κ3) is 2.72. The predicted molar refractivity (Wildman–Crippen MR) is 70.9 cm³/mol. The number of aromatic carboxylic acids is 1. The van der Waals surface area contributed by atoms with E-state index in [0.29, 0.717) is 21.4 Å². The molecular formula is C12H8Cl2N2O2. The number of anilines is 2. The zero-order chi connectivity index (χ0) is 13.1. The Morgan fingerprint density at radius 2 is 1.83 bits per heavy atom. The fraction of sp³-hybridized carbons (Fsp3) is 0. The minimum atomic E-state index is -1.07. The summed E-state index contributed by atoms with van der Waals surface area (Å²) in [6.45, 7) is 0. The largest absolute Gasteiger partial charge is 0.477 e. The Morgan fingerprint density at radius 3 is 2.33 bits per heavy atom. The fourth-order valence-corrected chi connectivity index (χ4v) is 1.85. The molecule has 0 aliphatic carbocycles. The van der Waals surface area contributed by atoms with Crippen molar-refractivity contribution in [3.05, 3.63) is 52.3 Å². The predicted octanol–water partition coefficient (Wildman–Crippen LogP) is 3.83. The van der Waals surface area contributed by atoms with Crippen molar-refractivity contribution in [2.75, 3.05) is 5.32 Å². The van der Waals surface area contributed by atoms with Crippen LogP contribution in [0.2, 0.25) is 10.0 Å². The van der Waals surface area contributed by atoms with Crippen molar-refractivity contribution in [1.29, 1.82) is 0 Å². The van der Waals surface area contributed by atoms with Crippen LogP contribution in [0.1, 0.15) is 10.5 Å². The average molecular weight is 283 g/mol. The zero-order valence-corrected chi connectivity index (χ0v) is 10.5. The molecule has 18 heavy (non-hydrogen) atoms. The van der Waals surface area contributed by atoms with Gasteiger partial charge in [-0.1, -0.05) is 29.3 Å². The minimum Gasteiger partial charge on any atom is -0.477 e. The Hall–Kier alpha value is -1.78. The lowest BCUT2D eigenvalue weighted by Crippen LogP contribution is -2.00. The van der Waals surface area contributed by atoms with E-state index in [9.17, 15) is 4.79 Å². The van der Waals surface area contributed by atoms with Crippen LogP contribution >= 0.6 is 23.2 Å². The third-order valence-electron chi connectivity index (χ3n) is 2.21. The van der Waals surface area contributed by atoms with Gasteiger partial charge in [-0.15, -0.1) is 0 Å². The van der Waals surface area contributed by atoms with Crippen molar-refractivity contribution in [2.45, 2.75) is 0 Å². The molecule has 2 aromatic rings. The molecule has 0 bridgehead atoms. The second kappa shape index (κ2) is 5.25. The quantitative estimate of drug-likeness (QED) is 0.898. The molecule has 92 valence electrons. The van der Waals surface area contributed by atoms with E-state index in [2.05, 4.69) is 10.3 Å². The summed E-state index contributed by atoms with van der Waals surface area (Å²) in [5.74, 6) is -1.07. The summed E-state index contributed by atoms with van der Waals surface area (Å²) < 4.78 is 0. The molecule has 0 unspecified atom stereocenters. The molecule has 0 atom stereocenters. The van der Waals surface area contributed by atoms with Gasteiger partial charge < -0.3 is 10.4 Å². The molecule has 0 fully saturated rings. The van der Waals surface area contributed by atoms with Crippen molar-refractivity contribution < 1.29 is 9.90 Å². The van der Waals surface area contributed by atoms with Crippen LogP contribution in [0.4, 0.5) is 11.4 Å². The van der Waals surface area contributed by atoms with Crippen LogP contribution in [-0.2, 0) is 0 Å². The van der Waals surface area contributed by atoms with E-state index in [1.54, 1.807) is 24.3 Å². The minimum absolute atomic E-state index is 0.0224. The van der Waals surface area contributed by atoms with Gasteiger partial charge in [0.25, 0.3) is 0 Å². The van der Waals surface area contributed by atoms with Crippen molar-refractivity contribution in [3.8, 4) is 0 Å². The molecule has 1 aromatic heterocycles. The van der Waals surface area contributed by atoms with Gasteiger partial charge in [-0.05, 0) is 24.3 Å². The summed E-state index contributed by atoms with van der Waals surface area (Å²) in [5, 5.41) is 12.7. The molecule has 0 saturated heterocycles. The maximum absolute atomic E-state index is 10.7. The van der Waals surface area contributed by atoms with Crippen LogP contribution in [0.3, 0.4) is 0 Å². The molecule has 0 aliphatic heterocycles. The van der Waals surface area contributed by atoms with Crippen LogP contribution in [0.15, 0.2) is 36.5 Å². The van der Waals surface area contributed by atoms with Gasteiger partial charge in [-0.25, -0.2) is 9.78 Å². The molecule has 2 rings (SSSR count). The topological polar surface area (TPSA) is 62.2 Å². The Morgan fingerprint density at radius 1 is 1.17 bits per heavy atom. The normalized spacial score (nSPS) is 10.1. The van der Waals surface area contributed by atoms with Gasteiger partial charge >= 0.3 is 5.97 Å². The first-order valence-corrected chi connectivity index (χ1v) is 5.74. The number of carboxylic acid groups (broad SMARTS) is 1. The first kappa shape index (κ1) is 12.7. The first-order chi connectivity index (χ1) is 8.58. The molecular weight excluding hydrogens is 275 g/mol. The average Bonchev–Trinajstić information content (AvgIpc) is 2.34. The summed E-state index contributed by atoms with van der Waals surface area (Å²) in [6.07, 6.45) is 1.41. The van der Waals surface area contributed by atoms with Crippen molar-refractivity contribution >= 4 is 40.5 Å². The van der Waals surface area contributed by atoms with E-state index in [4.69, 9.17) is 28.3 Å². The molecule has 1 aromatic carbocycles. The van der Waals surface area contributed by atoms with Crippen LogP contribution in [0.5, 0.6) is 0 Å². The van der Waals surface area contributed by atoms with Crippen LogP contribution in [0, 0.1) is 0 Å². The highest BCUT2D eigenvalue weighted by Gasteiger charge is 2.07. The fourth-order valence-electron chi connectivity index (χ4n) is 1.36. The lowest BCUT2D eigenvalue weighted by molar-refractivity contribution is 0.0690. The molecule has 0 aliphatic rings. The third-order valence-corrected chi connectivity index (χ3v) is 2.84. The number of nitrogens with one attached hydrogen (secondary N) is 1. The van der Waals surface area contributed by atoms with Gasteiger partial charge in [0.15, 0.2) is 0 Å². The van der Waals surface area contributed by atoms with Gasteiger partial charge in [0.05, 0.1) is 27.6 Å². The van der Waals surface area contributed by atoms with E-state index in [1.165, 1.54) is 12.3 Å². The molecule has 4 nitrogen and oxygen atoms in total. The summed E-state index contributed by atoms with van der Waals surface area (Å²) >= 11 is 12.0. The second-order valence-corrected chi connectivity index (χ2v) is 4.27. The summed E-state index contributed by atoms with van der Waals surface area (Å²) in [7, 11) is 0. The molecule has 0 amide bonds. The number of aromatic nitrogens is 1. The van der Waals surface area contributed by atoms with Gasteiger partial charge in [0.2, 0.25) is 0 Å². The number of halogens is 2.